The summed E-state index contributed by atoms with van der Waals surface area (Å²) < 4.78 is 1.12. The Bertz CT molecular complexity index is 872. The second-order valence-electron chi connectivity index (χ2n) is 6.08. The molecule has 1 saturated heterocycles. The Morgan fingerprint density at radius 3 is 2.24 bits per heavy atom. The third kappa shape index (κ3) is 3.96. The van der Waals surface area contributed by atoms with E-state index < -0.39 is 5.41 Å². The lowest BCUT2D eigenvalue weighted by Crippen LogP contribution is -2.23. The molecule has 1 aliphatic heterocycles. The summed E-state index contributed by atoms with van der Waals surface area (Å²) >= 11 is 3.55. The monoisotopic (exact) mass is 361 g/mol. The van der Waals surface area contributed by atoms with Crippen molar-refractivity contribution in [3.8, 4) is 17.9 Å². The van der Waals surface area contributed by atoms with Crippen LogP contribution in [-0.4, -0.2) is 11.5 Å². The fourth-order valence-corrected chi connectivity index (χ4v) is 5.36. The smallest absolute Gasteiger partial charge is 0.0984 e. The van der Waals surface area contributed by atoms with E-state index >= 15 is 0 Å². The number of hydrogen-bond acceptors (Lipinski definition) is 3. The minimum atomic E-state index is -0.613. The highest BCUT2D eigenvalue weighted by atomic mass is 32.2. The Balaban J connectivity index is 2.15. The number of aryl methyl sites for hydroxylation is 1. The highest BCUT2D eigenvalue weighted by Gasteiger charge is 2.33. The SMILES string of the molecule is Cc1ccc(C(C)(C#Cc2ccccc2)C(C#N)=C2SCCS2)cc1. The van der Waals surface area contributed by atoms with Crippen LogP contribution in [0.3, 0.4) is 0 Å². The molecular formula is C22H19NS2. The lowest BCUT2D eigenvalue weighted by atomic mass is 9.77. The summed E-state index contributed by atoms with van der Waals surface area (Å²) in [4.78, 5) is 0. The van der Waals surface area contributed by atoms with E-state index in [0.717, 1.165) is 32.4 Å². The van der Waals surface area contributed by atoms with E-state index in [1.54, 1.807) is 23.5 Å². The predicted octanol–water partition coefficient (Wildman–Crippen LogP) is 5.52. The first-order valence-corrected chi connectivity index (χ1v) is 10.2. The van der Waals surface area contributed by atoms with E-state index in [1.165, 1.54) is 5.56 Å². The van der Waals surface area contributed by atoms with Gasteiger partial charge in [-0.3, -0.25) is 0 Å². The van der Waals surface area contributed by atoms with Gasteiger partial charge in [0.2, 0.25) is 0 Å². The third-order valence-electron chi connectivity index (χ3n) is 4.23. The van der Waals surface area contributed by atoms with Crippen LogP contribution in [0.5, 0.6) is 0 Å². The second kappa shape index (κ2) is 7.87. The summed E-state index contributed by atoms with van der Waals surface area (Å²) in [6.45, 7) is 4.14. The molecule has 0 spiro atoms. The molecule has 0 amide bonds. The first-order chi connectivity index (χ1) is 12.1. The van der Waals surface area contributed by atoms with Crippen molar-refractivity contribution >= 4 is 23.5 Å². The van der Waals surface area contributed by atoms with Gasteiger partial charge in [0.25, 0.3) is 0 Å². The van der Waals surface area contributed by atoms with Gasteiger partial charge in [-0.1, -0.05) is 59.9 Å². The first-order valence-electron chi connectivity index (χ1n) is 8.19. The Morgan fingerprint density at radius 2 is 1.64 bits per heavy atom. The van der Waals surface area contributed by atoms with Crippen LogP contribution in [0.2, 0.25) is 0 Å². The zero-order valence-electron chi connectivity index (χ0n) is 14.4. The average Bonchev–Trinajstić information content (AvgIpc) is 3.16. The van der Waals surface area contributed by atoms with Gasteiger partial charge in [0.05, 0.1) is 21.3 Å². The molecular weight excluding hydrogens is 342 g/mol. The summed E-state index contributed by atoms with van der Waals surface area (Å²) in [5.74, 6) is 8.82. The van der Waals surface area contributed by atoms with Crippen LogP contribution in [0.1, 0.15) is 23.6 Å². The molecule has 1 fully saturated rings. The van der Waals surface area contributed by atoms with Gasteiger partial charge in [0, 0.05) is 17.1 Å². The van der Waals surface area contributed by atoms with Crippen LogP contribution >= 0.6 is 23.5 Å². The molecule has 0 saturated carbocycles. The fourth-order valence-electron chi connectivity index (χ4n) is 2.70. The molecule has 0 radical (unpaired) electrons. The average molecular weight is 362 g/mol. The molecule has 3 rings (SSSR count). The maximum absolute atomic E-state index is 9.93. The molecule has 0 N–H and O–H groups in total. The van der Waals surface area contributed by atoms with E-state index in [1.807, 2.05) is 30.3 Å². The molecule has 2 aromatic carbocycles. The van der Waals surface area contributed by atoms with Gasteiger partial charge in [-0.15, -0.1) is 23.5 Å². The highest BCUT2D eigenvalue weighted by Crippen LogP contribution is 2.45. The maximum Gasteiger partial charge on any atom is 0.0984 e. The van der Waals surface area contributed by atoms with Crippen molar-refractivity contribution in [3.05, 3.63) is 81.1 Å². The molecule has 25 heavy (non-hydrogen) atoms. The first kappa shape index (κ1) is 17.7. The van der Waals surface area contributed by atoms with E-state index in [-0.39, 0.29) is 0 Å². The van der Waals surface area contributed by atoms with Crippen LogP contribution in [0, 0.1) is 30.1 Å². The van der Waals surface area contributed by atoms with Crippen LogP contribution in [0.25, 0.3) is 0 Å². The van der Waals surface area contributed by atoms with Gasteiger partial charge in [-0.05, 0) is 31.5 Å². The second-order valence-corrected chi connectivity index (χ2v) is 8.55. The fraction of sp³-hybridized carbons (Fsp3) is 0.227. The maximum atomic E-state index is 9.93. The van der Waals surface area contributed by atoms with Crippen molar-refractivity contribution in [1.82, 2.24) is 0 Å². The van der Waals surface area contributed by atoms with E-state index in [9.17, 15) is 5.26 Å². The molecule has 124 valence electrons. The molecule has 1 heterocycles. The van der Waals surface area contributed by atoms with Crippen molar-refractivity contribution in [2.45, 2.75) is 19.3 Å². The highest BCUT2D eigenvalue weighted by molar-refractivity contribution is 8.25. The van der Waals surface area contributed by atoms with E-state index in [4.69, 9.17) is 0 Å². The number of nitriles is 1. The normalized spacial score (nSPS) is 15.6. The van der Waals surface area contributed by atoms with Crippen molar-refractivity contribution in [2.75, 3.05) is 11.5 Å². The number of thioether (sulfide) groups is 2. The van der Waals surface area contributed by atoms with Gasteiger partial charge in [0.1, 0.15) is 0 Å². The largest absolute Gasteiger partial charge is 0.193 e. The van der Waals surface area contributed by atoms with Crippen molar-refractivity contribution in [1.29, 1.82) is 5.26 Å². The lowest BCUT2D eigenvalue weighted by Gasteiger charge is -2.25. The number of allylic oxidation sites excluding steroid dienone is 1. The van der Waals surface area contributed by atoms with Gasteiger partial charge in [-0.25, -0.2) is 0 Å². The minimum absolute atomic E-state index is 0.613. The summed E-state index contributed by atoms with van der Waals surface area (Å²) in [6, 6.07) is 20.8. The Morgan fingerprint density at radius 1 is 1.00 bits per heavy atom. The summed E-state index contributed by atoms with van der Waals surface area (Å²) in [6.07, 6.45) is 0. The van der Waals surface area contributed by atoms with E-state index in [2.05, 4.69) is 56.0 Å². The Hall–Kier alpha value is -2.07. The van der Waals surface area contributed by atoms with Crippen molar-refractivity contribution in [2.24, 2.45) is 0 Å². The van der Waals surface area contributed by atoms with Gasteiger partial charge in [0.15, 0.2) is 0 Å². The molecule has 1 aliphatic rings. The standard InChI is InChI=1S/C22H19NS2/c1-17-8-10-19(11-9-17)22(2,13-12-18-6-4-3-5-7-18)20(16-23)21-24-14-15-25-21/h3-11H,14-15H2,1-2H3. The van der Waals surface area contributed by atoms with Crippen LogP contribution in [0.4, 0.5) is 0 Å². The summed E-state index contributed by atoms with van der Waals surface area (Å²) in [7, 11) is 0. The van der Waals surface area contributed by atoms with Crippen molar-refractivity contribution in [3.63, 3.8) is 0 Å². The molecule has 2 aromatic rings. The molecule has 1 unspecified atom stereocenters. The minimum Gasteiger partial charge on any atom is -0.193 e. The van der Waals surface area contributed by atoms with Crippen LogP contribution in [-0.2, 0) is 5.41 Å². The quantitative estimate of drug-likeness (QED) is 0.520. The van der Waals surface area contributed by atoms with Crippen LogP contribution in [0.15, 0.2) is 64.4 Å². The van der Waals surface area contributed by atoms with E-state index in [0.29, 0.717) is 0 Å². The topological polar surface area (TPSA) is 23.8 Å². The molecule has 0 aliphatic carbocycles. The number of nitrogens with zero attached hydrogens (tertiary/aromatic N) is 1. The van der Waals surface area contributed by atoms with Gasteiger partial charge < -0.3 is 0 Å². The molecule has 0 aromatic heterocycles. The van der Waals surface area contributed by atoms with Gasteiger partial charge in [-0.2, -0.15) is 5.26 Å². The number of benzene rings is 2. The summed E-state index contributed by atoms with van der Waals surface area (Å²) in [5.41, 5.74) is 3.40. The van der Waals surface area contributed by atoms with Gasteiger partial charge >= 0.3 is 0 Å². The molecule has 0 bridgehead atoms. The molecule has 1 nitrogen and oxygen atoms in total. The third-order valence-corrected chi connectivity index (χ3v) is 6.94. The van der Waals surface area contributed by atoms with Crippen molar-refractivity contribution < 1.29 is 0 Å². The predicted molar refractivity (Wildman–Crippen MR) is 109 cm³/mol. The molecule has 1 atom stereocenters. The number of rotatable bonds is 2. The zero-order chi connectivity index (χ0) is 17.7. The Kier molecular flexibility index (Phi) is 5.59. The lowest BCUT2D eigenvalue weighted by molar-refractivity contribution is 0.756. The zero-order valence-corrected chi connectivity index (χ0v) is 16.0. The molecule has 3 heteroatoms. The summed E-state index contributed by atoms with van der Waals surface area (Å²) in [5, 5.41) is 9.93. The Labute approximate surface area is 158 Å². The van der Waals surface area contributed by atoms with Crippen LogP contribution < -0.4 is 0 Å². The number of hydrogen-bond donors (Lipinski definition) is 0.